The van der Waals surface area contributed by atoms with E-state index in [2.05, 4.69) is 6.92 Å². The van der Waals surface area contributed by atoms with Crippen molar-refractivity contribution in [3.05, 3.63) is 6.92 Å². The van der Waals surface area contributed by atoms with E-state index in [0.29, 0.717) is 0 Å². The van der Waals surface area contributed by atoms with Crippen molar-refractivity contribution in [2.75, 3.05) is 0 Å². The predicted molar refractivity (Wildman–Crippen MR) is 35.1 cm³/mol. The zero-order valence-electron chi connectivity index (χ0n) is 6.59. The van der Waals surface area contributed by atoms with E-state index in [1.807, 2.05) is 0 Å². The zero-order chi connectivity index (χ0) is 9.99. The van der Waals surface area contributed by atoms with Gasteiger partial charge in [0.15, 0.2) is 6.17 Å². The van der Waals surface area contributed by atoms with Crippen LogP contribution >= 0.6 is 0 Å². The van der Waals surface area contributed by atoms with E-state index in [-0.39, 0.29) is 0 Å². The molecule has 0 N–H and O–H groups in total. The van der Waals surface area contributed by atoms with E-state index in [0.717, 1.165) is 6.92 Å². The summed E-state index contributed by atoms with van der Waals surface area (Å²) in [5.41, 5.74) is 0. The topological polar surface area (TPSA) is 0 Å². The van der Waals surface area contributed by atoms with Gasteiger partial charge in [-0.05, 0) is 13.3 Å². The van der Waals surface area contributed by atoms with Gasteiger partial charge in [0.25, 0.3) is 0 Å². The van der Waals surface area contributed by atoms with Crippen LogP contribution in [0.1, 0.15) is 19.8 Å². The molecule has 0 spiro atoms. The number of halogens is 5. The molecule has 0 nitrogen and oxygen atoms in total. The Labute approximate surface area is 67.8 Å². The van der Waals surface area contributed by atoms with Gasteiger partial charge in [0.05, 0.1) is 0 Å². The molecule has 0 unspecified atom stereocenters. The summed E-state index contributed by atoms with van der Waals surface area (Å²) in [5.74, 6) is -8.97. The Kier molecular flexibility index (Phi) is 3.47. The maximum Gasteiger partial charge on any atom is 0.340 e. The second kappa shape index (κ2) is 3.58. The lowest BCUT2D eigenvalue weighted by atomic mass is 10.0. The van der Waals surface area contributed by atoms with E-state index in [4.69, 9.17) is 0 Å². The average Bonchev–Trinajstić information content (AvgIpc) is 2.02. The lowest BCUT2D eigenvalue weighted by Gasteiger charge is -2.27. The molecular weight excluding hydrogens is 179 g/mol. The highest BCUT2D eigenvalue weighted by atomic mass is 19.3. The third-order valence-electron chi connectivity index (χ3n) is 1.55. The van der Waals surface area contributed by atoms with Crippen LogP contribution in [0, 0.1) is 6.92 Å². The molecule has 0 aromatic rings. The standard InChI is InChI=1S/C7H10F5/c1-3-5(8)7(11,12)6(9,10)4-2/h5H,2-4H2,1H3/t5-/m0/s1. The minimum absolute atomic E-state index is 0.636. The minimum Gasteiger partial charge on any atom is -0.241 e. The molecule has 0 aliphatic rings. The van der Waals surface area contributed by atoms with E-state index >= 15 is 0 Å². The fourth-order valence-electron chi connectivity index (χ4n) is 0.652. The van der Waals surface area contributed by atoms with Crippen molar-refractivity contribution in [2.45, 2.75) is 37.8 Å². The molecule has 1 atom stereocenters. The molecule has 0 amide bonds. The molecule has 0 heterocycles. The van der Waals surface area contributed by atoms with E-state index < -0.39 is 30.9 Å². The Morgan fingerprint density at radius 3 is 1.92 bits per heavy atom. The van der Waals surface area contributed by atoms with Crippen molar-refractivity contribution >= 4 is 0 Å². The second-order valence-electron chi connectivity index (χ2n) is 2.45. The Bertz CT molecular complexity index is 143. The van der Waals surface area contributed by atoms with Crippen molar-refractivity contribution in [3.63, 3.8) is 0 Å². The van der Waals surface area contributed by atoms with Gasteiger partial charge in [-0.3, -0.25) is 0 Å². The minimum atomic E-state index is -4.61. The van der Waals surface area contributed by atoms with Gasteiger partial charge in [-0.15, -0.1) is 0 Å². The van der Waals surface area contributed by atoms with Crippen molar-refractivity contribution in [1.29, 1.82) is 0 Å². The van der Waals surface area contributed by atoms with Crippen LogP contribution in [-0.2, 0) is 0 Å². The van der Waals surface area contributed by atoms with Crippen molar-refractivity contribution in [3.8, 4) is 0 Å². The van der Waals surface area contributed by atoms with Gasteiger partial charge in [-0.25, -0.2) is 4.39 Å². The average molecular weight is 189 g/mol. The first-order chi connectivity index (χ1) is 5.29. The molecule has 73 valence electrons. The molecule has 0 saturated heterocycles. The van der Waals surface area contributed by atoms with Gasteiger partial charge < -0.3 is 0 Å². The summed E-state index contributed by atoms with van der Waals surface area (Å²) >= 11 is 0. The highest BCUT2D eigenvalue weighted by molar-refractivity contribution is 4.90. The molecule has 0 bridgehead atoms. The lowest BCUT2D eigenvalue weighted by molar-refractivity contribution is -0.237. The lowest BCUT2D eigenvalue weighted by Crippen LogP contribution is -2.47. The number of hydrogen-bond acceptors (Lipinski definition) is 0. The van der Waals surface area contributed by atoms with Gasteiger partial charge in [0.2, 0.25) is 0 Å². The Hall–Kier alpha value is -0.350. The molecule has 5 heteroatoms. The molecule has 0 aromatic heterocycles. The van der Waals surface area contributed by atoms with Crippen molar-refractivity contribution < 1.29 is 22.0 Å². The van der Waals surface area contributed by atoms with Crippen LogP contribution in [0.4, 0.5) is 22.0 Å². The molecule has 0 fully saturated rings. The number of alkyl halides is 5. The van der Waals surface area contributed by atoms with Crippen LogP contribution in [0.5, 0.6) is 0 Å². The summed E-state index contributed by atoms with van der Waals surface area (Å²) in [6.45, 7) is 3.72. The highest BCUT2D eigenvalue weighted by Gasteiger charge is 2.59. The summed E-state index contributed by atoms with van der Waals surface area (Å²) in [5, 5.41) is 0. The second-order valence-corrected chi connectivity index (χ2v) is 2.45. The molecule has 12 heavy (non-hydrogen) atoms. The van der Waals surface area contributed by atoms with Gasteiger partial charge >= 0.3 is 11.8 Å². The normalized spacial score (nSPS) is 16.2. The zero-order valence-corrected chi connectivity index (χ0v) is 6.59. The van der Waals surface area contributed by atoms with Gasteiger partial charge in [-0.1, -0.05) is 6.92 Å². The maximum absolute atomic E-state index is 12.4. The van der Waals surface area contributed by atoms with E-state index in [1.54, 1.807) is 0 Å². The third kappa shape index (κ3) is 1.87. The molecule has 0 saturated carbocycles. The summed E-state index contributed by atoms with van der Waals surface area (Å²) < 4.78 is 61.8. The summed E-state index contributed by atoms with van der Waals surface area (Å²) in [7, 11) is 0. The van der Waals surface area contributed by atoms with Gasteiger partial charge in [0.1, 0.15) is 0 Å². The van der Waals surface area contributed by atoms with E-state index in [1.165, 1.54) is 0 Å². The Morgan fingerprint density at radius 1 is 1.25 bits per heavy atom. The predicted octanol–water partition coefficient (Wildman–Crippen LogP) is 3.23. The first-order valence-electron chi connectivity index (χ1n) is 3.48. The Balaban J connectivity index is 4.58. The third-order valence-corrected chi connectivity index (χ3v) is 1.55. The van der Waals surface area contributed by atoms with Crippen LogP contribution in [0.25, 0.3) is 0 Å². The molecular formula is C7H10F5. The smallest absolute Gasteiger partial charge is 0.241 e. The molecule has 0 aromatic carbocycles. The number of rotatable bonds is 4. The molecule has 1 radical (unpaired) electrons. The SMILES string of the molecule is [CH2]CC(F)(F)C(F)(F)[C@@H](F)CC. The first kappa shape index (κ1) is 11.6. The molecule has 0 rings (SSSR count). The van der Waals surface area contributed by atoms with Crippen molar-refractivity contribution in [1.82, 2.24) is 0 Å². The van der Waals surface area contributed by atoms with Crippen LogP contribution in [0.2, 0.25) is 0 Å². The highest BCUT2D eigenvalue weighted by Crippen LogP contribution is 2.41. The van der Waals surface area contributed by atoms with Gasteiger partial charge in [-0.2, -0.15) is 17.6 Å². The van der Waals surface area contributed by atoms with E-state index in [9.17, 15) is 22.0 Å². The van der Waals surface area contributed by atoms with Crippen LogP contribution in [0.3, 0.4) is 0 Å². The van der Waals surface area contributed by atoms with Crippen LogP contribution in [0.15, 0.2) is 0 Å². The Morgan fingerprint density at radius 2 is 1.67 bits per heavy atom. The summed E-state index contributed by atoms with van der Waals surface area (Å²) in [6.07, 6.45) is -4.75. The quantitative estimate of drug-likeness (QED) is 0.595. The summed E-state index contributed by atoms with van der Waals surface area (Å²) in [4.78, 5) is 0. The van der Waals surface area contributed by atoms with Crippen LogP contribution < -0.4 is 0 Å². The first-order valence-corrected chi connectivity index (χ1v) is 3.48. The molecule has 0 aliphatic heterocycles. The van der Waals surface area contributed by atoms with Crippen LogP contribution in [-0.4, -0.2) is 18.0 Å². The monoisotopic (exact) mass is 189 g/mol. The maximum atomic E-state index is 12.4. The van der Waals surface area contributed by atoms with Crippen molar-refractivity contribution in [2.24, 2.45) is 0 Å². The fraction of sp³-hybridized carbons (Fsp3) is 0.857. The number of hydrogen-bond donors (Lipinski definition) is 0. The molecule has 0 aliphatic carbocycles. The largest absolute Gasteiger partial charge is 0.340 e. The van der Waals surface area contributed by atoms with Gasteiger partial charge in [0, 0.05) is 6.42 Å². The fourth-order valence-corrected chi connectivity index (χ4v) is 0.652. The summed E-state index contributed by atoms with van der Waals surface area (Å²) in [6, 6.07) is 0.